The second-order valence-corrected chi connectivity index (χ2v) is 10.5. The van der Waals surface area contributed by atoms with Crippen molar-refractivity contribution in [3.63, 3.8) is 0 Å². The third-order valence-electron chi connectivity index (χ3n) is 7.21. The van der Waals surface area contributed by atoms with Crippen LogP contribution in [0.2, 0.25) is 10.0 Å². The summed E-state index contributed by atoms with van der Waals surface area (Å²) in [4.78, 5) is 6.58. The zero-order valence-corrected chi connectivity index (χ0v) is 21.9. The van der Waals surface area contributed by atoms with E-state index in [1.165, 1.54) is 0 Å². The molecule has 1 saturated heterocycles. The van der Waals surface area contributed by atoms with Crippen LogP contribution in [-0.2, 0) is 5.60 Å². The SMILES string of the molecule is OC(COc1cccc2ncccc12)CN1CCC(C(O)(c2cccc(Cl)c2)c2cccc(Cl)c2)CC1. The molecule has 0 amide bonds. The van der Waals surface area contributed by atoms with Gasteiger partial charge in [0.15, 0.2) is 0 Å². The Hall–Kier alpha value is -2.67. The first kappa shape index (κ1) is 26.0. The number of nitrogens with zero attached hydrogens (tertiary/aromatic N) is 2. The van der Waals surface area contributed by atoms with Crippen molar-refractivity contribution < 1.29 is 14.9 Å². The standard InChI is InChI=1S/C30H30Cl2N2O3/c31-24-7-1-5-22(17-24)30(36,23-6-2-8-25(32)18-23)21-12-15-34(16-13-21)19-26(35)20-37-29-11-3-10-28-27(29)9-4-14-33-28/h1-11,14,17-18,21,26,35-36H,12-13,15-16,19-20H2. The number of halogens is 2. The lowest BCUT2D eigenvalue weighted by Gasteiger charge is -2.42. The molecule has 5 rings (SSSR count). The second-order valence-electron chi connectivity index (χ2n) is 9.65. The number of aliphatic hydroxyl groups is 2. The van der Waals surface area contributed by atoms with E-state index in [2.05, 4.69) is 9.88 Å². The first-order valence-corrected chi connectivity index (χ1v) is 13.3. The smallest absolute Gasteiger partial charge is 0.128 e. The van der Waals surface area contributed by atoms with Gasteiger partial charge in [-0.2, -0.15) is 0 Å². The lowest BCUT2D eigenvalue weighted by atomic mass is 9.72. The summed E-state index contributed by atoms with van der Waals surface area (Å²) in [5.41, 5.74) is 1.17. The molecule has 192 valence electrons. The molecule has 0 aliphatic carbocycles. The van der Waals surface area contributed by atoms with E-state index in [4.69, 9.17) is 27.9 Å². The Morgan fingerprint density at radius 1 is 0.919 bits per heavy atom. The third-order valence-corrected chi connectivity index (χ3v) is 7.68. The van der Waals surface area contributed by atoms with E-state index in [1.54, 1.807) is 6.20 Å². The van der Waals surface area contributed by atoms with Gasteiger partial charge in [0.2, 0.25) is 0 Å². The Bertz CT molecular complexity index is 1310. The first-order chi connectivity index (χ1) is 17.9. The number of piperidine rings is 1. The van der Waals surface area contributed by atoms with Gasteiger partial charge in [0.05, 0.1) is 5.52 Å². The van der Waals surface area contributed by atoms with Crippen molar-refractivity contribution in [1.82, 2.24) is 9.88 Å². The monoisotopic (exact) mass is 536 g/mol. The van der Waals surface area contributed by atoms with Gasteiger partial charge in [-0.05, 0) is 91.5 Å². The summed E-state index contributed by atoms with van der Waals surface area (Å²) in [7, 11) is 0. The number of rotatable bonds is 8. The zero-order chi connectivity index (χ0) is 25.8. The predicted octanol–water partition coefficient (Wildman–Crippen LogP) is 5.93. The van der Waals surface area contributed by atoms with Crippen molar-refractivity contribution in [2.45, 2.75) is 24.5 Å². The molecule has 0 bridgehead atoms. The van der Waals surface area contributed by atoms with Crippen molar-refractivity contribution in [2.24, 2.45) is 5.92 Å². The van der Waals surface area contributed by atoms with Gasteiger partial charge in [0, 0.05) is 28.2 Å². The molecule has 7 heteroatoms. The van der Waals surface area contributed by atoms with Crippen molar-refractivity contribution in [2.75, 3.05) is 26.2 Å². The first-order valence-electron chi connectivity index (χ1n) is 12.5. The van der Waals surface area contributed by atoms with Crippen LogP contribution >= 0.6 is 23.2 Å². The minimum absolute atomic E-state index is 0.0303. The fraction of sp³-hybridized carbons (Fsp3) is 0.300. The van der Waals surface area contributed by atoms with Gasteiger partial charge in [-0.3, -0.25) is 4.98 Å². The highest BCUT2D eigenvalue weighted by molar-refractivity contribution is 6.31. The molecule has 1 aliphatic rings. The third kappa shape index (κ3) is 5.77. The predicted molar refractivity (Wildman–Crippen MR) is 148 cm³/mol. The molecule has 3 aromatic carbocycles. The summed E-state index contributed by atoms with van der Waals surface area (Å²) < 4.78 is 5.95. The summed E-state index contributed by atoms with van der Waals surface area (Å²) in [6, 6.07) is 24.4. The molecule has 37 heavy (non-hydrogen) atoms. The number of fused-ring (bicyclic) bond motifs is 1. The zero-order valence-electron chi connectivity index (χ0n) is 20.4. The molecule has 2 heterocycles. The number of hydrogen-bond acceptors (Lipinski definition) is 5. The van der Waals surface area contributed by atoms with Crippen LogP contribution in [-0.4, -0.2) is 52.4 Å². The molecular formula is C30H30Cl2N2O3. The molecular weight excluding hydrogens is 507 g/mol. The van der Waals surface area contributed by atoms with E-state index in [9.17, 15) is 10.2 Å². The number of benzene rings is 3. The summed E-state index contributed by atoms with van der Waals surface area (Å²) >= 11 is 12.6. The molecule has 1 atom stereocenters. The number of aromatic nitrogens is 1. The van der Waals surface area contributed by atoms with Crippen LogP contribution in [0.1, 0.15) is 24.0 Å². The molecule has 2 N–H and O–H groups in total. The quantitative estimate of drug-likeness (QED) is 0.292. The van der Waals surface area contributed by atoms with Crippen LogP contribution in [0.5, 0.6) is 5.75 Å². The van der Waals surface area contributed by atoms with Crippen LogP contribution < -0.4 is 4.74 Å². The summed E-state index contributed by atoms with van der Waals surface area (Å²) in [6.45, 7) is 2.21. The number of hydrogen-bond donors (Lipinski definition) is 2. The normalized spacial score (nSPS) is 16.1. The van der Waals surface area contributed by atoms with Gasteiger partial charge < -0.3 is 19.8 Å². The highest BCUT2D eigenvalue weighted by Gasteiger charge is 2.42. The van der Waals surface area contributed by atoms with Gasteiger partial charge in [-0.25, -0.2) is 0 Å². The molecule has 1 fully saturated rings. The van der Waals surface area contributed by atoms with Gasteiger partial charge in [-0.15, -0.1) is 0 Å². The highest BCUT2D eigenvalue weighted by Crippen LogP contribution is 2.43. The second kappa shape index (κ2) is 11.4. The molecule has 0 radical (unpaired) electrons. The Labute approximate surface area is 227 Å². The minimum atomic E-state index is -1.22. The van der Waals surface area contributed by atoms with Crippen LogP contribution in [0, 0.1) is 5.92 Å². The van der Waals surface area contributed by atoms with E-state index in [-0.39, 0.29) is 12.5 Å². The Morgan fingerprint density at radius 3 is 2.22 bits per heavy atom. The van der Waals surface area contributed by atoms with E-state index < -0.39 is 11.7 Å². The molecule has 1 unspecified atom stereocenters. The number of likely N-dealkylation sites (tertiary alicyclic amines) is 1. The maximum absolute atomic E-state index is 12.2. The van der Waals surface area contributed by atoms with Crippen molar-refractivity contribution in [1.29, 1.82) is 0 Å². The Kier molecular flexibility index (Phi) is 7.98. The minimum Gasteiger partial charge on any atom is -0.490 e. The van der Waals surface area contributed by atoms with Crippen LogP contribution in [0.4, 0.5) is 0 Å². The van der Waals surface area contributed by atoms with Crippen LogP contribution in [0.25, 0.3) is 10.9 Å². The fourth-order valence-electron chi connectivity index (χ4n) is 5.36. The lowest BCUT2D eigenvalue weighted by molar-refractivity contribution is -0.0221. The summed E-state index contributed by atoms with van der Waals surface area (Å²) in [5.74, 6) is 0.689. The van der Waals surface area contributed by atoms with Gasteiger partial charge in [0.1, 0.15) is 24.1 Å². The largest absolute Gasteiger partial charge is 0.490 e. The molecule has 0 spiro atoms. The van der Waals surface area contributed by atoms with Gasteiger partial charge in [0.25, 0.3) is 0 Å². The molecule has 5 nitrogen and oxygen atoms in total. The molecule has 0 saturated carbocycles. The average molecular weight is 537 g/mol. The van der Waals surface area contributed by atoms with Crippen LogP contribution in [0.3, 0.4) is 0 Å². The number of ether oxygens (including phenoxy) is 1. The van der Waals surface area contributed by atoms with E-state index in [1.807, 2.05) is 78.9 Å². The van der Waals surface area contributed by atoms with Crippen molar-refractivity contribution in [3.05, 3.63) is 106 Å². The fourth-order valence-corrected chi connectivity index (χ4v) is 5.74. The van der Waals surface area contributed by atoms with Crippen LogP contribution in [0.15, 0.2) is 85.1 Å². The molecule has 1 aliphatic heterocycles. The topological polar surface area (TPSA) is 65.8 Å². The van der Waals surface area contributed by atoms with E-state index >= 15 is 0 Å². The van der Waals surface area contributed by atoms with Crippen molar-refractivity contribution in [3.8, 4) is 5.75 Å². The molecule has 4 aromatic rings. The maximum atomic E-state index is 12.2. The van der Waals surface area contributed by atoms with E-state index in [0.717, 1.165) is 53.7 Å². The summed E-state index contributed by atoms with van der Waals surface area (Å²) in [6.07, 6.45) is 2.64. The average Bonchev–Trinajstić information content (AvgIpc) is 2.92. The summed E-state index contributed by atoms with van der Waals surface area (Å²) in [5, 5.41) is 25.0. The Balaban J connectivity index is 1.24. The lowest BCUT2D eigenvalue weighted by Crippen LogP contribution is -2.46. The number of pyridine rings is 1. The van der Waals surface area contributed by atoms with E-state index in [0.29, 0.717) is 16.6 Å². The Morgan fingerprint density at radius 2 is 1.57 bits per heavy atom. The highest BCUT2D eigenvalue weighted by atomic mass is 35.5. The molecule has 1 aromatic heterocycles. The number of β-amino-alcohol motifs (C(OH)–C–C–N with tert-alkyl or cyclic N) is 1. The maximum Gasteiger partial charge on any atom is 0.128 e. The number of aliphatic hydroxyl groups excluding tert-OH is 1. The van der Waals surface area contributed by atoms with Gasteiger partial charge >= 0.3 is 0 Å². The van der Waals surface area contributed by atoms with Gasteiger partial charge in [-0.1, -0.05) is 53.5 Å². The van der Waals surface area contributed by atoms with Crippen molar-refractivity contribution >= 4 is 34.1 Å².